The molecule has 0 spiro atoms. The van der Waals surface area contributed by atoms with Crippen LogP contribution in [-0.4, -0.2) is 23.2 Å². The zero-order chi connectivity index (χ0) is 16.1. The van der Waals surface area contributed by atoms with E-state index < -0.39 is 0 Å². The van der Waals surface area contributed by atoms with E-state index in [-0.39, 0.29) is 0 Å². The molecule has 0 unspecified atom stereocenters. The van der Waals surface area contributed by atoms with Crippen molar-refractivity contribution in [2.24, 2.45) is 0 Å². The maximum Gasteiger partial charge on any atom is 0.264 e. The summed E-state index contributed by atoms with van der Waals surface area (Å²) in [6, 6.07) is 19.0. The van der Waals surface area contributed by atoms with Crippen LogP contribution in [0.25, 0.3) is 11.1 Å². The fraction of sp³-hybridized carbons (Fsp3) is 0.350. The molecule has 1 saturated carbocycles. The van der Waals surface area contributed by atoms with E-state index in [0.717, 1.165) is 5.75 Å². The van der Waals surface area contributed by atoms with Crippen molar-refractivity contribution in [3.8, 4) is 16.9 Å². The lowest BCUT2D eigenvalue weighted by Gasteiger charge is -2.32. The number of rotatable bonds is 3. The lowest BCUT2D eigenvalue weighted by Crippen LogP contribution is -2.39. The van der Waals surface area contributed by atoms with Crippen molar-refractivity contribution in [1.82, 2.24) is 4.90 Å². The Morgan fingerprint density at radius 2 is 1.52 bits per heavy atom. The summed E-state index contributed by atoms with van der Waals surface area (Å²) in [5.74, 6) is 0.803. The molecule has 3 heteroatoms. The molecule has 0 bridgehead atoms. The summed E-state index contributed by atoms with van der Waals surface area (Å²) in [5, 5.41) is 0.573. The Balaban J connectivity index is 1.62. The SMILES string of the molecule is CN(C(=S)Oc1ccc(-c2ccccc2)cc1)C1CCCCC1. The van der Waals surface area contributed by atoms with Crippen LogP contribution in [0.1, 0.15) is 32.1 Å². The summed E-state index contributed by atoms with van der Waals surface area (Å²) in [4.78, 5) is 2.12. The van der Waals surface area contributed by atoms with E-state index in [4.69, 9.17) is 17.0 Å². The molecule has 0 saturated heterocycles. The van der Waals surface area contributed by atoms with Crippen molar-refractivity contribution >= 4 is 17.4 Å². The van der Waals surface area contributed by atoms with Crippen LogP contribution in [0.15, 0.2) is 54.6 Å². The van der Waals surface area contributed by atoms with E-state index >= 15 is 0 Å². The lowest BCUT2D eigenvalue weighted by molar-refractivity contribution is 0.253. The van der Waals surface area contributed by atoms with Gasteiger partial charge in [0.2, 0.25) is 0 Å². The van der Waals surface area contributed by atoms with E-state index in [1.54, 1.807) is 0 Å². The number of hydrogen-bond acceptors (Lipinski definition) is 2. The Labute approximate surface area is 144 Å². The summed E-state index contributed by atoms with van der Waals surface area (Å²) in [6.07, 6.45) is 6.37. The normalized spacial score (nSPS) is 15.2. The number of hydrogen-bond donors (Lipinski definition) is 0. The molecule has 0 heterocycles. The van der Waals surface area contributed by atoms with E-state index in [9.17, 15) is 0 Å². The quantitative estimate of drug-likeness (QED) is 0.712. The van der Waals surface area contributed by atoms with Gasteiger partial charge in [-0.25, -0.2) is 0 Å². The van der Waals surface area contributed by atoms with Crippen LogP contribution >= 0.6 is 12.2 Å². The molecule has 0 aromatic heterocycles. The molecular formula is C20H23NOS. The fourth-order valence-corrected chi connectivity index (χ4v) is 3.38. The molecule has 23 heavy (non-hydrogen) atoms. The second-order valence-electron chi connectivity index (χ2n) is 6.16. The standard InChI is InChI=1S/C20H23NOS/c1-21(18-10-6-3-7-11-18)20(23)22-19-14-12-17(13-15-19)16-8-4-2-5-9-16/h2,4-5,8-9,12-15,18H,3,6-7,10-11H2,1H3. The van der Waals surface area contributed by atoms with Crippen molar-refractivity contribution in [3.05, 3.63) is 54.6 Å². The first-order chi connectivity index (χ1) is 11.2. The maximum absolute atomic E-state index is 5.88. The minimum absolute atomic E-state index is 0.528. The topological polar surface area (TPSA) is 12.5 Å². The molecule has 3 rings (SSSR count). The Hall–Kier alpha value is -1.87. The molecule has 2 aromatic carbocycles. The van der Waals surface area contributed by atoms with Crippen LogP contribution < -0.4 is 4.74 Å². The highest BCUT2D eigenvalue weighted by molar-refractivity contribution is 7.80. The third-order valence-corrected chi connectivity index (χ3v) is 4.95. The van der Waals surface area contributed by atoms with Gasteiger partial charge in [-0.2, -0.15) is 0 Å². The van der Waals surface area contributed by atoms with Crippen molar-refractivity contribution in [3.63, 3.8) is 0 Å². The van der Waals surface area contributed by atoms with Crippen LogP contribution in [0.4, 0.5) is 0 Å². The first-order valence-electron chi connectivity index (χ1n) is 8.34. The van der Waals surface area contributed by atoms with Crippen molar-refractivity contribution in [2.75, 3.05) is 7.05 Å². The zero-order valence-electron chi connectivity index (χ0n) is 13.6. The Kier molecular flexibility index (Phi) is 5.29. The molecule has 0 N–H and O–H groups in total. The van der Waals surface area contributed by atoms with Gasteiger partial charge in [-0.15, -0.1) is 0 Å². The van der Waals surface area contributed by atoms with Crippen LogP contribution in [0.5, 0.6) is 5.75 Å². The minimum Gasteiger partial charge on any atom is -0.432 e. The van der Waals surface area contributed by atoms with Crippen molar-refractivity contribution in [2.45, 2.75) is 38.1 Å². The maximum atomic E-state index is 5.88. The summed E-state index contributed by atoms with van der Waals surface area (Å²) in [7, 11) is 2.05. The second kappa shape index (κ2) is 7.60. The summed E-state index contributed by atoms with van der Waals surface area (Å²) < 4.78 is 5.88. The fourth-order valence-electron chi connectivity index (χ4n) is 3.14. The van der Waals surface area contributed by atoms with E-state index in [1.807, 2.05) is 30.3 Å². The van der Waals surface area contributed by atoms with E-state index in [2.05, 4.69) is 36.2 Å². The Bertz CT molecular complexity index is 632. The van der Waals surface area contributed by atoms with Gasteiger partial charge in [0.05, 0.1) is 0 Å². The average molecular weight is 325 g/mol. The smallest absolute Gasteiger partial charge is 0.264 e. The number of ether oxygens (including phenoxy) is 1. The largest absolute Gasteiger partial charge is 0.432 e. The third kappa shape index (κ3) is 4.11. The molecule has 2 aromatic rings. The Morgan fingerprint density at radius 1 is 0.913 bits per heavy atom. The predicted octanol–water partition coefficient (Wildman–Crippen LogP) is 5.28. The van der Waals surface area contributed by atoms with Crippen LogP contribution in [0.2, 0.25) is 0 Å². The number of nitrogens with zero attached hydrogens (tertiary/aromatic N) is 1. The van der Waals surface area contributed by atoms with Crippen molar-refractivity contribution < 1.29 is 4.74 Å². The first kappa shape index (κ1) is 16.0. The number of thiocarbonyl (C=S) groups is 1. The minimum atomic E-state index is 0.528. The predicted molar refractivity (Wildman–Crippen MR) is 99.7 cm³/mol. The van der Waals surface area contributed by atoms with Gasteiger partial charge in [0.1, 0.15) is 5.75 Å². The molecule has 2 nitrogen and oxygen atoms in total. The van der Waals surface area contributed by atoms with Gasteiger partial charge in [0, 0.05) is 13.1 Å². The summed E-state index contributed by atoms with van der Waals surface area (Å²) in [6.45, 7) is 0. The number of benzene rings is 2. The monoisotopic (exact) mass is 325 g/mol. The lowest BCUT2D eigenvalue weighted by atomic mass is 9.95. The Morgan fingerprint density at radius 3 is 2.17 bits per heavy atom. The van der Waals surface area contributed by atoms with Crippen molar-refractivity contribution in [1.29, 1.82) is 0 Å². The zero-order valence-corrected chi connectivity index (χ0v) is 14.4. The molecule has 1 aliphatic rings. The highest BCUT2D eigenvalue weighted by Gasteiger charge is 2.21. The molecule has 0 aliphatic heterocycles. The molecular weight excluding hydrogens is 302 g/mol. The van der Waals surface area contributed by atoms with E-state index in [1.165, 1.54) is 43.2 Å². The summed E-state index contributed by atoms with van der Waals surface area (Å²) >= 11 is 5.47. The molecule has 0 radical (unpaired) electrons. The molecule has 0 atom stereocenters. The van der Waals surface area contributed by atoms with Gasteiger partial charge in [-0.3, -0.25) is 0 Å². The molecule has 1 aliphatic carbocycles. The molecule has 1 fully saturated rings. The van der Waals surface area contributed by atoms with Crippen LogP contribution in [-0.2, 0) is 0 Å². The van der Waals surface area contributed by atoms with Gasteiger partial charge in [0.15, 0.2) is 0 Å². The highest BCUT2D eigenvalue weighted by atomic mass is 32.1. The van der Waals surface area contributed by atoms with E-state index in [0.29, 0.717) is 11.2 Å². The second-order valence-corrected chi connectivity index (χ2v) is 6.51. The van der Waals surface area contributed by atoms with Crippen LogP contribution in [0, 0.1) is 0 Å². The average Bonchev–Trinajstić information content (AvgIpc) is 2.63. The highest BCUT2D eigenvalue weighted by Crippen LogP contribution is 2.24. The first-order valence-corrected chi connectivity index (χ1v) is 8.75. The van der Waals surface area contributed by atoms with Gasteiger partial charge in [-0.1, -0.05) is 61.7 Å². The van der Waals surface area contributed by atoms with Gasteiger partial charge in [-0.05, 0) is 48.3 Å². The van der Waals surface area contributed by atoms with Gasteiger partial charge < -0.3 is 9.64 Å². The third-order valence-electron chi connectivity index (χ3n) is 4.58. The molecule has 120 valence electrons. The van der Waals surface area contributed by atoms with Gasteiger partial charge in [0.25, 0.3) is 5.17 Å². The van der Waals surface area contributed by atoms with Gasteiger partial charge >= 0.3 is 0 Å². The summed E-state index contributed by atoms with van der Waals surface area (Å²) in [5.41, 5.74) is 2.39. The molecule has 0 amide bonds. The van der Waals surface area contributed by atoms with Crippen LogP contribution in [0.3, 0.4) is 0 Å².